The first-order valence-electron chi connectivity index (χ1n) is 16.5. The van der Waals surface area contributed by atoms with Crippen molar-refractivity contribution >= 4 is 27.5 Å². The van der Waals surface area contributed by atoms with Gasteiger partial charge in [-0.15, -0.1) is 0 Å². The van der Waals surface area contributed by atoms with Crippen molar-refractivity contribution in [1.29, 1.82) is 0 Å². The molecule has 1 heterocycles. The first-order chi connectivity index (χ1) is 23.3. The van der Waals surface area contributed by atoms with Crippen molar-refractivity contribution < 1.29 is 27.5 Å². The molecule has 4 aromatic rings. The van der Waals surface area contributed by atoms with E-state index in [4.69, 9.17) is 9.47 Å². The summed E-state index contributed by atoms with van der Waals surface area (Å²) in [6.45, 7) is 2.26. The normalized spacial score (nSPS) is 15.0. The van der Waals surface area contributed by atoms with E-state index in [1.54, 1.807) is 41.3 Å². The molecule has 9 nitrogen and oxygen atoms in total. The van der Waals surface area contributed by atoms with E-state index < -0.39 is 28.5 Å². The Labute approximate surface area is 282 Å². The predicted octanol–water partition coefficient (Wildman–Crippen LogP) is 5.66. The molecule has 0 saturated heterocycles. The summed E-state index contributed by atoms with van der Waals surface area (Å²) in [6.07, 6.45) is 4.14. The van der Waals surface area contributed by atoms with Gasteiger partial charge in [-0.3, -0.25) is 13.9 Å². The largest absolute Gasteiger partial charge is 0.486 e. The minimum absolute atomic E-state index is 0.0398. The number of anilines is 1. The molecule has 250 valence electrons. The number of benzene rings is 4. The predicted molar refractivity (Wildman–Crippen MR) is 184 cm³/mol. The number of aryl methyl sites for hydroxylation is 1. The molecule has 1 N–H and O–H groups in total. The van der Waals surface area contributed by atoms with E-state index in [1.165, 1.54) is 12.1 Å². The van der Waals surface area contributed by atoms with E-state index >= 15 is 0 Å². The Kier molecular flexibility index (Phi) is 10.3. The van der Waals surface area contributed by atoms with Crippen molar-refractivity contribution in [2.75, 3.05) is 24.1 Å². The van der Waals surface area contributed by atoms with Crippen molar-refractivity contribution in [2.45, 2.75) is 62.6 Å². The molecule has 48 heavy (non-hydrogen) atoms. The molecular formula is C38H41N3O6S. The molecule has 0 aromatic heterocycles. The number of sulfonamides is 1. The van der Waals surface area contributed by atoms with Crippen LogP contribution in [-0.4, -0.2) is 57.0 Å². The van der Waals surface area contributed by atoms with Crippen LogP contribution in [0.5, 0.6) is 11.5 Å². The molecule has 2 aliphatic rings. The highest BCUT2D eigenvalue weighted by Gasteiger charge is 2.36. The minimum atomic E-state index is -4.22. The van der Waals surface area contributed by atoms with Crippen LogP contribution in [-0.2, 0) is 32.6 Å². The van der Waals surface area contributed by atoms with Crippen LogP contribution in [0.1, 0.15) is 42.4 Å². The Balaban J connectivity index is 1.41. The third kappa shape index (κ3) is 7.65. The van der Waals surface area contributed by atoms with Crippen LogP contribution in [0.2, 0.25) is 0 Å². The fraction of sp³-hybridized carbons (Fsp3) is 0.316. The lowest BCUT2D eigenvalue weighted by atomic mass is 10.0. The van der Waals surface area contributed by atoms with E-state index in [1.807, 2.05) is 61.5 Å². The van der Waals surface area contributed by atoms with Crippen molar-refractivity contribution in [1.82, 2.24) is 10.2 Å². The zero-order valence-electron chi connectivity index (χ0n) is 27.1. The van der Waals surface area contributed by atoms with Gasteiger partial charge in [0.2, 0.25) is 11.8 Å². The van der Waals surface area contributed by atoms with E-state index in [2.05, 4.69) is 5.32 Å². The van der Waals surface area contributed by atoms with Gasteiger partial charge in [0.25, 0.3) is 10.0 Å². The molecule has 1 aliphatic carbocycles. The van der Waals surface area contributed by atoms with Crippen LogP contribution >= 0.6 is 0 Å². The first-order valence-corrected chi connectivity index (χ1v) is 17.9. The number of hydrogen-bond acceptors (Lipinski definition) is 6. The fourth-order valence-electron chi connectivity index (χ4n) is 6.33. The topological polar surface area (TPSA) is 105 Å². The highest BCUT2D eigenvalue weighted by molar-refractivity contribution is 7.92. The number of hydrogen-bond donors (Lipinski definition) is 1. The maximum atomic E-state index is 14.8. The summed E-state index contributed by atoms with van der Waals surface area (Å²) in [5, 5.41) is 3.22. The summed E-state index contributed by atoms with van der Waals surface area (Å²) in [7, 11) is -4.22. The number of ether oxygens (including phenoxy) is 2. The number of carbonyl (C=O) groups is 2. The summed E-state index contributed by atoms with van der Waals surface area (Å²) in [5.41, 5.74) is 2.98. The Bertz CT molecular complexity index is 1830. The van der Waals surface area contributed by atoms with Crippen molar-refractivity contribution in [3.05, 3.63) is 120 Å². The quantitative estimate of drug-likeness (QED) is 0.209. The first kappa shape index (κ1) is 33.1. The third-order valence-electron chi connectivity index (χ3n) is 9.00. The number of nitrogens with zero attached hydrogens (tertiary/aromatic N) is 2. The number of nitrogens with one attached hydrogen (secondary N) is 1. The summed E-state index contributed by atoms with van der Waals surface area (Å²) < 4.78 is 41.2. The van der Waals surface area contributed by atoms with E-state index in [-0.39, 0.29) is 35.5 Å². The zero-order chi connectivity index (χ0) is 33.5. The van der Waals surface area contributed by atoms with Gasteiger partial charge in [0.05, 0.1) is 10.6 Å². The summed E-state index contributed by atoms with van der Waals surface area (Å²) in [4.78, 5) is 30.5. The van der Waals surface area contributed by atoms with Crippen LogP contribution < -0.4 is 19.1 Å². The maximum absolute atomic E-state index is 14.8. The SMILES string of the molecule is Cc1ccccc1CN(C(=O)CN(c1ccc2c(c1)OCCO2)S(=O)(=O)c1ccccc1)[C@@H](Cc1ccccc1)C(=O)NC1CCCC1. The van der Waals surface area contributed by atoms with Crippen molar-refractivity contribution in [3.8, 4) is 11.5 Å². The van der Waals surface area contributed by atoms with Gasteiger partial charge < -0.3 is 19.7 Å². The van der Waals surface area contributed by atoms with E-state index in [0.29, 0.717) is 24.7 Å². The molecule has 6 rings (SSSR count). The highest BCUT2D eigenvalue weighted by Crippen LogP contribution is 2.36. The van der Waals surface area contributed by atoms with Gasteiger partial charge in [-0.1, -0.05) is 85.6 Å². The molecular weight excluding hydrogens is 627 g/mol. The van der Waals surface area contributed by atoms with Gasteiger partial charge >= 0.3 is 0 Å². The van der Waals surface area contributed by atoms with Gasteiger partial charge in [0.15, 0.2) is 11.5 Å². The van der Waals surface area contributed by atoms with Gasteiger partial charge in [0.1, 0.15) is 25.8 Å². The van der Waals surface area contributed by atoms with Crippen molar-refractivity contribution in [2.24, 2.45) is 0 Å². The standard InChI is InChI=1S/C38H41N3O6S/c1-28-12-8-9-15-30(28)26-40(34(24-29-13-4-2-5-14-29)38(43)39-31-16-10-11-17-31)37(42)27-41(48(44,45)33-18-6-3-7-19-33)32-20-21-35-36(25-32)47-23-22-46-35/h2-9,12-15,18-21,25,31,34H,10-11,16-17,22-24,26-27H2,1H3,(H,39,43)/t34-/m0/s1. The Hall–Kier alpha value is -4.83. The summed E-state index contributed by atoms with van der Waals surface area (Å²) >= 11 is 0. The van der Waals surface area contributed by atoms with Crippen LogP contribution in [0.3, 0.4) is 0 Å². The van der Waals surface area contributed by atoms with Crippen molar-refractivity contribution in [3.63, 3.8) is 0 Å². The smallest absolute Gasteiger partial charge is 0.264 e. The molecule has 0 spiro atoms. The molecule has 0 radical (unpaired) electrons. The molecule has 10 heteroatoms. The number of carbonyl (C=O) groups excluding carboxylic acids is 2. The third-order valence-corrected chi connectivity index (χ3v) is 10.8. The molecule has 1 saturated carbocycles. The second-order valence-electron chi connectivity index (χ2n) is 12.3. The van der Waals surface area contributed by atoms with Gasteiger partial charge in [-0.2, -0.15) is 0 Å². The van der Waals surface area contributed by atoms with Crippen LogP contribution in [0, 0.1) is 6.92 Å². The molecule has 0 bridgehead atoms. The van der Waals surface area contributed by atoms with Gasteiger partial charge in [-0.05, 0) is 60.7 Å². The lowest BCUT2D eigenvalue weighted by molar-refractivity contribution is -0.140. The Morgan fingerprint density at radius 3 is 2.19 bits per heavy atom. The van der Waals surface area contributed by atoms with Crippen LogP contribution in [0.4, 0.5) is 5.69 Å². The van der Waals surface area contributed by atoms with E-state index in [0.717, 1.165) is 46.7 Å². The summed E-state index contributed by atoms with van der Waals surface area (Å²) in [6, 6.07) is 29.4. The molecule has 1 aliphatic heterocycles. The molecule has 1 atom stereocenters. The summed E-state index contributed by atoms with van der Waals surface area (Å²) in [5.74, 6) is 0.148. The zero-order valence-corrected chi connectivity index (χ0v) is 27.9. The molecule has 4 aromatic carbocycles. The van der Waals surface area contributed by atoms with Crippen LogP contribution in [0.15, 0.2) is 108 Å². The number of rotatable bonds is 12. The lowest BCUT2D eigenvalue weighted by Gasteiger charge is -2.35. The average Bonchev–Trinajstić information content (AvgIpc) is 3.63. The highest BCUT2D eigenvalue weighted by atomic mass is 32.2. The molecule has 1 fully saturated rings. The van der Waals surface area contributed by atoms with Crippen LogP contribution in [0.25, 0.3) is 0 Å². The average molecular weight is 668 g/mol. The second kappa shape index (κ2) is 14.9. The maximum Gasteiger partial charge on any atom is 0.264 e. The Morgan fingerprint density at radius 1 is 0.833 bits per heavy atom. The second-order valence-corrected chi connectivity index (χ2v) is 14.2. The minimum Gasteiger partial charge on any atom is -0.486 e. The fourth-order valence-corrected chi connectivity index (χ4v) is 7.76. The number of amides is 2. The van der Waals surface area contributed by atoms with Gasteiger partial charge in [0, 0.05) is 25.1 Å². The molecule has 2 amide bonds. The molecule has 0 unspecified atom stereocenters. The Morgan fingerprint density at radius 2 is 1.48 bits per heavy atom. The monoisotopic (exact) mass is 667 g/mol. The van der Waals surface area contributed by atoms with E-state index in [9.17, 15) is 18.0 Å². The number of fused-ring (bicyclic) bond motifs is 1. The van der Waals surface area contributed by atoms with Gasteiger partial charge in [-0.25, -0.2) is 8.42 Å². The lowest BCUT2D eigenvalue weighted by Crippen LogP contribution is -2.54.